The minimum Gasteiger partial charge on any atom is -0.462 e. The van der Waals surface area contributed by atoms with E-state index < -0.39 is 17.5 Å². The smallest absolute Gasteiger partial charge is 0.339 e. The van der Waals surface area contributed by atoms with Gasteiger partial charge in [-0.2, -0.15) is 0 Å². The molecule has 1 rings (SSSR count). The summed E-state index contributed by atoms with van der Waals surface area (Å²) in [6.07, 6.45) is 0.785. The van der Waals surface area contributed by atoms with Crippen LogP contribution in [0.15, 0.2) is 12.1 Å². The Bertz CT molecular complexity index is 538. The predicted molar refractivity (Wildman–Crippen MR) is 81.7 cm³/mol. The Morgan fingerprint density at radius 2 is 1.62 bits per heavy atom. The number of carbonyl (C=O) groups excluding carboxylic acids is 2. The van der Waals surface area contributed by atoms with Crippen molar-refractivity contribution in [1.29, 1.82) is 0 Å². The van der Waals surface area contributed by atoms with E-state index in [1.165, 1.54) is 0 Å². The van der Waals surface area contributed by atoms with Gasteiger partial charge in [0.15, 0.2) is 0 Å². The topological polar surface area (TPSA) is 52.6 Å². The van der Waals surface area contributed by atoms with Crippen LogP contribution in [-0.4, -0.2) is 24.1 Å². The van der Waals surface area contributed by atoms with Crippen molar-refractivity contribution in [3.05, 3.63) is 34.4 Å². The zero-order valence-corrected chi connectivity index (χ0v) is 13.7. The molecule has 1 aromatic carbocycles. The van der Waals surface area contributed by atoms with Crippen LogP contribution in [0.5, 0.6) is 0 Å². The van der Waals surface area contributed by atoms with E-state index in [1.807, 2.05) is 13.8 Å². The highest BCUT2D eigenvalue weighted by atomic mass is 16.6. The summed E-state index contributed by atoms with van der Waals surface area (Å²) in [6.45, 7) is 11.3. The second-order valence-electron chi connectivity index (χ2n) is 5.90. The lowest BCUT2D eigenvalue weighted by Crippen LogP contribution is -2.25. The van der Waals surface area contributed by atoms with Gasteiger partial charge in [0.25, 0.3) is 0 Å². The summed E-state index contributed by atoms with van der Waals surface area (Å²) in [4.78, 5) is 24.4. The molecule has 0 atom stereocenters. The summed E-state index contributed by atoms with van der Waals surface area (Å²) in [6, 6.07) is 3.44. The molecule has 21 heavy (non-hydrogen) atoms. The summed E-state index contributed by atoms with van der Waals surface area (Å²) in [5.41, 5.74) is 1.91. The molecule has 0 aliphatic heterocycles. The maximum Gasteiger partial charge on any atom is 0.339 e. The van der Waals surface area contributed by atoms with Crippen molar-refractivity contribution in [2.24, 2.45) is 0 Å². The van der Waals surface area contributed by atoms with E-state index in [0.29, 0.717) is 0 Å². The number of aryl methyl sites for hydroxylation is 2. The molecule has 0 spiro atoms. The lowest BCUT2D eigenvalue weighted by atomic mass is 9.97. The van der Waals surface area contributed by atoms with Gasteiger partial charge < -0.3 is 9.47 Å². The number of hydrogen-bond acceptors (Lipinski definition) is 4. The van der Waals surface area contributed by atoms with Crippen LogP contribution in [-0.2, 0) is 15.9 Å². The van der Waals surface area contributed by atoms with Crippen LogP contribution < -0.4 is 0 Å². The SMILES string of the molecule is CCOC(=O)c1cc(CC)c(C)cc1C(=O)OC(C)(C)C. The Balaban J connectivity index is 3.31. The van der Waals surface area contributed by atoms with Gasteiger partial charge in [0.05, 0.1) is 17.7 Å². The number of ether oxygens (including phenoxy) is 2. The van der Waals surface area contributed by atoms with Gasteiger partial charge in [-0.25, -0.2) is 9.59 Å². The van der Waals surface area contributed by atoms with Crippen LogP contribution in [0.2, 0.25) is 0 Å². The fraction of sp³-hybridized carbons (Fsp3) is 0.529. The van der Waals surface area contributed by atoms with Crippen molar-refractivity contribution < 1.29 is 19.1 Å². The number of esters is 2. The third-order valence-corrected chi connectivity index (χ3v) is 2.97. The number of benzene rings is 1. The Kier molecular flexibility index (Phi) is 5.53. The third-order valence-electron chi connectivity index (χ3n) is 2.97. The van der Waals surface area contributed by atoms with Crippen LogP contribution in [0.4, 0.5) is 0 Å². The minimum absolute atomic E-state index is 0.262. The molecule has 116 valence electrons. The highest BCUT2D eigenvalue weighted by Crippen LogP contribution is 2.21. The summed E-state index contributed by atoms with van der Waals surface area (Å²) >= 11 is 0. The van der Waals surface area contributed by atoms with E-state index in [-0.39, 0.29) is 17.7 Å². The van der Waals surface area contributed by atoms with Crippen molar-refractivity contribution in [3.8, 4) is 0 Å². The molecule has 0 unspecified atom stereocenters. The maximum absolute atomic E-state index is 12.3. The fourth-order valence-corrected chi connectivity index (χ4v) is 2.01. The van der Waals surface area contributed by atoms with Crippen molar-refractivity contribution in [2.45, 2.75) is 53.6 Å². The summed E-state index contributed by atoms with van der Waals surface area (Å²) < 4.78 is 10.4. The number of carbonyl (C=O) groups is 2. The van der Waals surface area contributed by atoms with Crippen molar-refractivity contribution in [1.82, 2.24) is 0 Å². The lowest BCUT2D eigenvalue weighted by molar-refractivity contribution is 0.00642. The molecule has 0 saturated carbocycles. The predicted octanol–water partition coefficient (Wildman–Crippen LogP) is 3.69. The lowest BCUT2D eigenvalue weighted by Gasteiger charge is -2.21. The van der Waals surface area contributed by atoms with Crippen LogP contribution in [0.3, 0.4) is 0 Å². The van der Waals surface area contributed by atoms with E-state index in [0.717, 1.165) is 17.5 Å². The maximum atomic E-state index is 12.3. The molecule has 0 aliphatic rings. The summed E-state index contributed by atoms with van der Waals surface area (Å²) in [5, 5.41) is 0. The molecule has 0 saturated heterocycles. The summed E-state index contributed by atoms with van der Waals surface area (Å²) in [7, 11) is 0. The van der Waals surface area contributed by atoms with Gasteiger partial charge in [-0.15, -0.1) is 0 Å². The van der Waals surface area contributed by atoms with Crippen molar-refractivity contribution in [2.75, 3.05) is 6.61 Å². The van der Waals surface area contributed by atoms with E-state index in [4.69, 9.17) is 9.47 Å². The third kappa shape index (κ3) is 4.59. The Labute approximate surface area is 126 Å². The normalized spacial score (nSPS) is 11.1. The van der Waals surface area contributed by atoms with E-state index >= 15 is 0 Å². The zero-order chi connectivity index (χ0) is 16.2. The summed E-state index contributed by atoms with van der Waals surface area (Å²) in [5.74, 6) is -0.996. The highest BCUT2D eigenvalue weighted by Gasteiger charge is 2.24. The fourth-order valence-electron chi connectivity index (χ4n) is 2.01. The largest absolute Gasteiger partial charge is 0.462 e. The molecule has 0 aromatic heterocycles. The quantitative estimate of drug-likeness (QED) is 0.794. The molecule has 0 heterocycles. The Morgan fingerprint density at radius 1 is 1.05 bits per heavy atom. The number of rotatable bonds is 4. The van der Waals surface area contributed by atoms with Gasteiger partial charge in [-0.1, -0.05) is 6.92 Å². The minimum atomic E-state index is -0.611. The first-order valence-electron chi connectivity index (χ1n) is 7.23. The van der Waals surface area contributed by atoms with Crippen molar-refractivity contribution in [3.63, 3.8) is 0 Å². The van der Waals surface area contributed by atoms with Gasteiger partial charge in [0.1, 0.15) is 5.60 Å². The first-order chi connectivity index (χ1) is 9.69. The molecule has 0 N–H and O–H groups in total. The molecule has 0 radical (unpaired) electrons. The Morgan fingerprint density at radius 3 is 2.10 bits per heavy atom. The first-order valence-corrected chi connectivity index (χ1v) is 7.23. The monoisotopic (exact) mass is 292 g/mol. The van der Waals surface area contributed by atoms with Crippen LogP contribution in [0, 0.1) is 6.92 Å². The van der Waals surface area contributed by atoms with E-state index in [9.17, 15) is 9.59 Å². The highest BCUT2D eigenvalue weighted by molar-refractivity contribution is 6.03. The van der Waals surface area contributed by atoms with Gasteiger partial charge in [-0.05, 0) is 64.3 Å². The van der Waals surface area contributed by atoms with Crippen molar-refractivity contribution >= 4 is 11.9 Å². The average Bonchev–Trinajstić information content (AvgIpc) is 2.36. The van der Waals surface area contributed by atoms with E-state index in [2.05, 4.69) is 0 Å². The molecule has 4 heteroatoms. The van der Waals surface area contributed by atoms with Gasteiger partial charge in [-0.3, -0.25) is 0 Å². The molecule has 0 bridgehead atoms. The average molecular weight is 292 g/mol. The molecule has 1 aromatic rings. The molecule has 0 amide bonds. The van der Waals surface area contributed by atoms with Crippen LogP contribution in [0.1, 0.15) is 66.5 Å². The molecule has 0 fully saturated rings. The van der Waals surface area contributed by atoms with Gasteiger partial charge >= 0.3 is 11.9 Å². The zero-order valence-electron chi connectivity index (χ0n) is 13.7. The second kappa shape index (κ2) is 6.74. The van der Waals surface area contributed by atoms with Crippen LogP contribution >= 0.6 is 0 Å². The first kappa shape index (κ1) is 17.2. The van der Waals surface area contributed by atoms with Crippen LogP contribution in [0.25, 0.3) is 0 Å². The Hall–Kier alpha value is -1.84. The molecule has 4 nitrogen and oxygen atoms in total. The molecule has 0 aliphatic carbocycles. The standard InChI is InChI=1S/C17H24O4/c1-7-12-10-14(15(18)20-8-2)13(9-11(12)3)16(19)21-17(4,5)6/h9-10H,7-8H2,1-6H3. The van der Waals surface area contributed by atoms with Gasteiger partial charge in [0, 0.05) is 0 Å². The van der Waals surface area contributed by atoms with E-state index in [1.54, 1.807) is 39.8 Å². The number of hydrogen-bond donors (Lipinski definition) is 0. The second-order valence-corrected chi connectivity index (χ2v) is 5.90. The van der Waals surface area contributed by atoms with Gasteiger partial charge in [0.2, 0.25) is 0 Å². The molecular weight excluding hydrogens is 268 g/mol. The molecular formula is C17H24O4.